The quantitative estimate of drug-likeness (QED) is 0.853. The molecule has 0 radical (unpaired) electrons. The standard InChI is InChI=1S/C13H23N3O2/c1-6-10(8-17)14-12(18)11-7-9(2)16(15-11)13(3,4)5/h7,10,17H,6,8H2,1-5H3,(H,14,18). The highest BCUT2D eigenvalue weighted by Crippen LogP contribution is 2.16. The summed E-state index contributed by atoms with van der Waals surface area (Å²) in [4.78, 5) is 12.0. The van der Waals surface area contributed by atoms with Crippen LogP contribution in [0.3, 0.4) is 0 Å². The molecule has 1 heterocycles. The molecule has 0 aliphatic heterocycles. The van der Waals surface area contributed by atoms with E-state index in [1.54, 1.807) is 6.07 Å². The number of aromatic nitrogens is 2. The van der Waals surface area contributed by atoms with E-state index in [2.05, 4.69) is 10.4 Å². The maximum absolute atomic E-state index is 12.0. The van der Waals surface area contributed by atoms with E-state index in [4.69, 9.17) is 5.11 Å². The molecule has 0 aromatic carbocycles. The molecule has 18 heavy (non-hydrogen) atoms. The predicted octanol–water partition coefficient (Wildman–Crippen LogP) is 1.45. The fraction of sp³-hybridized carbons (Fsp3) is 0.692. The number of aliphatic hydroxyl groups is 1. The molecule has 0 spiro atoms. The molecule has 2 N–H and O–H groups in total. The number of aryl methyl sites for hydroxylation is 1. The molecule has 1 unspecified atom stereocenters. The second-order valence-corrected chi connectivity index (χ2v) is 5.51. The van der Waals surface area contributed by atoms with Gasteiger partial charge in [-0.05, 0) is 40.2 Å². The van der Waals surface area contributed by atoms with Crippen LogP contribution in [0.15, 0.2) is 6.07 Å². The molecular weight excluding hydrogens is 230 g/mol. The summed E-state index contributed by atoms with van der Waals surface area (Å²) in [5, 5.41) is 16.2. The minimum Gasteiger partial charge on any atom is -0.394 e. The van der Waals surface area contributed by atoms with E-state index >= 15 is 0 Å². The van der Waals surface area contributed by atoms with Crippen molar-refractivity contribution in [1.29, 1.82) is 0 Å². The molecule has 0 aliphatic carbocycles. The average molecular weight is 253 g/mol. The van der Waals surface area contributed by atoms with E-state index in [0.717, 1.165) is 5.69 Å². The van der Waals surface area contributed by atoms with Gasteiger partial charge in [0.25, 0.3) is 5.91 Å². The minimum absolute atomic E-state index is 0.0544. The number of carbonyl (C=O) groups is 1. The van der Waals surface area contributed by atoms with Gasteiger partial charge in [-0.1, -0.05) is 6.92 Å². The highest BCUT2D eigenvalue weighted by Gasteiger charge is 2.21. The Labute approximate surface area is 108 Å². The minimum atomic E-state index is -0.234. The molecule has 0 fully saturated rings. The number of nitrogens with zero attached hydrogens (tertiary/aromatic N) is 2. The first-order valence-electron chi connectivity index (χ1n) is 6.28. The Bertz CT molecular complexity index is 414. The monoisotopic (exact) mass is 253 g/mol. The zero-order valence-corrected chi connectivity index (χ0v) is 11.8. The van der Waals surface area contributed by atoms with Gasteiger partial charge in [0, 0.05) is 5.69 Å². The Morgan fingerprint density at radius 1 is 1.56 bits per heavy atom. The molecule has 102 valence electrons. The van der Waals surface area contributed by atoms with E-state index in [1.165, 1.54) is 0 Å². The van der Waals surface area contributed by atoms with Gasteiger partial charge in [-0.15, -0.1) is 0 Å². The fourth-order valence-electron chi connectivity index (χ4n) is 1.80. The van der Waals surface area contributed by atoms with Crippen LogP contribution in [0.2, 0.25) is 0 Å². The molecule has 0 aliphatic rings. The maximum atomic E-state index is 12.0. The highest BCUT2D eigenvalue weighted by atomic mass is 16.3. The van der Waals surface area contributed by atoms with Gasteiger partial charge >= 0.3 is 0 Å². The van der Waals surface area contributed by atoms with E-state index in [1.807, 2.05) is 39.3 Å². The second kappa shape index (κ2) is 5.52. The van der Waals surface area contributed by atoms with Crippen molar-refractivity contribution < 1.29 is 9.90 Å². The summed E-state index contributed by atoms with van der Waals surface area (Å²) in [6.45, 7) is 9.91. The lowest BCUT2D eigenvalue weighted by molar-refractivity contribution is 0.0908. The van der Waals surface area contributed by atoms with Crippen LogP contribution in [0, 0.1) is 6.92 Å². The predicted molar refractivity (Wildman–Crippen MR) is 70.6 cm³/mol. The summed E-state index contributed by atoms with van der Waals surface area (Å²) in [5.41, 5.74) is 1.20. The number of hydrogen-bond acceptors (Lipinski definition) is 3. The van der Waals surface area contributed by atoms with Crippen LogP contribution in [0.1, 0.15) is 50.3 Å². The van der Waals surface area contributed by atoms with Crippen molar-refractivity contribution in [3.8, 4) is 0 Å². The Balaban J connectivity index is 2.88. The zero-order valence-electron chi connectivity index (χ0n) is 11.8. The van der Waals surface area contributed by atoms with Gasteiger partial charge in [-0.3, -0.25) is 9.48 Å². The lowest BCUT2D eigenvalue weighted by Crippen LogP contribution is -2.37. The first-order chi connectivity index (χ1) is 8.29. The number of nitrogens with one attached hydrogen (secondary N) is 1. The molecule has 0 saturated heterocycles. The highest BCUT2D eigenvalue weighted by molar-refractivity contribution is 5.92. The molecule has 5 heteroatoms. The Morgan fingerprint density at radius 3 is 2.56 bits per heavy atom. The first kappa shape index (κ1) is 14.7. The van der Waals surface area contributed by atoms with Crippen molar-refractivity contribution in [2.45, 2.75) is 52.6 Å². The van der Waals surface area contributed by atoms with Crippen LogP contribution in [-0.2, 0) is 5.54 Å². The summed E-state index contributed by atoms with van der Waals surface area (Å²) in [6.07, 6.45) is 0.696. The van der Waals surface area contributed by atoms with Crippen molar-refractivity contribution in [2.75, 3.05) is 6.61 Å². The van der Waals surface area contributed by atoms with Crippen molar-refractivity contribution in [1.82, 2.24) is 15.1 Å². The Hall–Kier alpha value is -1.36. The smallest absolute Gasteiger partial charge is 0.272 e. The summed E-state index contributed by atoms with van der Waals surface area (Å²) < 4.78 is 1.84. The molecule has 1 aromatic rings. The molecule has 1 rings (SSSR count). The fourth-order valence-corrected chi connectivity index (χ4v) is 1.80. The third-order valence-electron chi connectivity index (χ3n) is 2.80. The first-order valence-corrected chi connectivity index (χ1v) is 6.28. The third-order valence-corrected chi connectivity index (χ3v) is 2.80. The van der Waals surface area contributed by atoms with Crippen molar-refractivity contribution in [3.63, 3.8) is 0 Å². The van der Waals surface area contributed by atoms with Gasteiger partial charge in [0.05, 0.1) is 18.2 Å². The summed E-state index contributed by atoms with van der Waals surface area (Å²) in [7, 11) is 0. The second-order valence-electron chi connectivity index (χ2n) is 5.51. The lowest BCUT2D eigenvalue weighted by Gasteiger charge is -2.21. The van der Waals surface area contributed by atoms with E-state index < -0.39 is 0 Å². The van der Waals surface area contributed by atoms with Crippen LogP contribution >= 0.6 is 0 Å². The maximum Gasteiger partial charge on any atom is 0.272 e. The van der Waals surface area contributed by atoms with E-state index in [0.29, 0.717) is 12.1 Å². The van der Waals surface area contributed by atoms with Gasteiger partial charge in [0.2, 0.25) is 0 Å². The topological polar surface area (TPSA) is 67.2 Å². The van der Waals surface area contributed by atoms with Gasteiger partial charge in [-0.25, -0.2) is 0 Å². The number of aliphatic hydroxyl groups excluding tert-OH is 1. The molecule has 1 atom stereocenters. The van der Waals surface area contributed by atoms with Gasteiger partial charge in [0.15, 0.2) is 0 Å². The lowest BCUT2D eigenvalue weighted by atomic mass is 10.1. The summed E-state index contributed by atoms with van der Waals surface area (Å²) in [6, 6.07) is 1.56. The largest absolute Gasteiger partial charge is 0.394 e. The van der Waals surface area contributed by atoms with Crippen LogP contribution in [0.4, 0.5) is 0 Å². The van der Waals surface area contributed by atoms with E-state index in [-0.39, 0.29) is 24.1 Å². The van der Waals surface area contributed by atoms with Crippen molar-refractivity contribution in [2.24, 2.45) is 0 Å². The SMILES string of the molecule is CCC(CO)NC(=O)c1cc(C)n(C(C)(C)C)n1. The van der Waals surface area contributed by atoms with Crippen molar-refractivity contribution in [3.05, 3.63) is 17.5 Å². The van der Waals surface area contributed by atoms with Crippen molar-refractivity contribution >= 4 is 5.91 Å². The molecule has 1 amide bonds. The van der Waals surface area contributed by atoms with Crippen LogP contribution < -0.4 is 5.32 Å². The average Bonchev–Trinajstić information content (AvgIpc) is 2.67. The molecule has 5 nitrogen and oxygen atoms in total. The Morgan fingerprint density at radius 2 is 2.17 bits per heavy atom. The number of hydrogen-bond donors (Lipinski definition) is 2. The summed E-state index contributed by atoms with van der Waals surface area (Å²) in [5.74, 6) is -0.234. The van der Waals surface area contributed by atoms with Gasteiger partial charge < -0.3 is 10.4 Å². The molecule has 0 bridgehead atoms. The number of amides is 1. The normalized spacial score (nSPS) is 13.4. The molecule has 0 saturated carbocycles. The number of rotatable bonds is 4. The Kier molecular flexibility index (Phi) is 4.51. The van der Waals surface area contributed by atoms with E-state index in [9.17, 15) is 4.79 Å². The molecular formula is C13H23N3O2. The van der Waals surface area contributed by atoms with Crippen LogP contribution in [0.5, 0.6) is 0 Å². The van der Waals surface area contributed by atoms with Gasteiger partial charge in [-0.2, -0.15) is 5.10 Å². The van der Waals surface area contributed by atoms with Crippen LogP contribution in [0.25, 0.3) is 0 Å². The third kappa shape index (κ3) is 3.32. The molecule has 1 aromatic heterocycles. The number of carbonyl (C=O) groups excluding carboxylic acids is 1. The van der Waals surface area contributed by atoms with Gasteiger partial charge in [0.1, 0.15) is 5.69 Å². The zero-order chi connectivity index (χ0) is 13.9. The summed E-state index contributed by atoms with van der Waals surface area (Å²) >= 11 is 0. The van der Waals surface area contributed by atoms with Crippen LogP contribution in [-0.4, -0.2) is 33.4 Å².